The van der Waals surface area contributed by atoms with Gasteiger partial charge in [-0.2, -0.15) is 0 Å². The van der Waals surface area contributed by atoms with E-state index in [1.54, 1.807) is 0 Å². The number of ketones is 1. The van der Waals surface area contributed by atoms with Crippen molar-refractivity contribution in [2.45, 2.75) is 91.1 Å². The predicted molar refractivity (Wildman–Crippen MR) is 128 cm³/mol. The quantitative estimate of drug-likeness (QED) is 0.516. The summed E-state index contributed by atoms with van der Waals surface area (Å²) >= 11 is 0. The number of aliphatic hydroxyl groups is 1. The summed E-state index contributed by atoms with van der Waals surface area (Å²) in [4.78, 5) is 35.7. The van der Waals surface area contributed by atoms with Gasteiger partial charge >= 0.3 is 11.9 Å². The molecule has 6 nitrogen and oxygen atoms in total. The van der Waals surface area contributed by atoms with Gasteiger partial charge in [0.05, 0.1) is 6.61 Å². The number of esters is 2. The predicted octanol–water partition coefficient (Wildman–Crippen LogP) is 4.63. The Bertz CT molecular complexity index is 816. The molecule has 34 heavy (non-hydrogen) atoms. The Morgan fingerprint density at radius 2 is 1.94 bits per heavy atom. The number of aliphatic hydroxyl groups excluding tert-OH is 1. The summed E-state index contributed by atoms with van der Waals surface area (Å²) < 4.78 is 10.3. The Morgan fingerprint density at radius 3 is 2.71 bits per heavy atom. The zero-order valence-electron chi connectivity index (χ0n) is 21.1. The third-order valence-corrected chi connectivity index (χ3v) is 9.25. The lowest BCUT2D eigenvalue weighted by Gasteiger charge is -2.52. The molecular weight excluding hydrogens is 432 g/mol. The molecule has 4 aliphatic carbocycles. The number of ether oxygens (including phenoxy) is 2. The summed E-state index contributed by atoms with van der Waals surface area (Å²) in [6, 6.07) is 0. The van der Waals surface area contributed by atoms with Crippen LogP contribution in [0.1, 0.15) is 85.0 Å². The minimum atomic E-state index is -1.19. The zero-order valence-corrected chi connectivity index (χ0v) is 21.1. The van der Waals surface area contributed by atoms with E-state index in [-0.39, 0.29) is 5.92 Å². The van der Waals surface area contributed by atoms with Gasteiger partial charge in [0.15, 0.2) is 18.5 Å². The highest BCUT2D eigenvalue weighted by molar-refractivity contribution is 5.91. The number of carbonyl (C=O) groups excluding carboxylic acids is 3. The Hall–Kier alpha value is -1.69. The molecule has 4 rings (SSSR count). The Balaban J connectivity index is 1.23. The Morgan fingerprint density at radius 1 is 1.15 bits per heavy atom. The third-order valence-electron chi connectivity index (χ3n) is 9.25. The highest BCUT2D eigenvalue weighted by Gasteiger charge is 2.54. The van der Waals surface area contributed by atoms with Crippen LogP contribution in [0.4, 0.5) is 0 Å². The highest BCUT2D eigenvalue weighted by atomic mass is 16.6. The number of fused-ring (bicyclic) bond motifs is 5. The smallest absolute Gasteiger partial charge is 0.344 e. The van der Waals surface area contributed by atoms with E-state index >= 15 is 0 Å². The van der Waals surface area contributed by atoms with Crippen LogP contribution in [0.15, 0.2) is 11.6 Å². The van der Waals surface area contributed by atoms with Crippen molar-refractivity contribution in [3.63, 3.8) is 0 Å². The van der Waals surface area contributed by atoms with Crippen LogP contribution in [0.25, 0.3) is 0 Å². The molecule has 7 atom stereocenters. The summed E-state index contributed by atoms with van der Waals surface area (Å²) in [5, 5.41) is 9.76. The molecule has 0 radical (unpaired) electrons. The van der Waals surface area contributed by atoms with Crippen molar-refractivity contribution in [2.75, 3.05) is 13.2 Å². The van der Waals surface area contributed by atoms with Crippen LogP contribution < -0.4 is 0 Å². The molecule has 4 aliphatic rings. The lowest BCUT2D eigenvalue weighted by molar-refractivity contribution is -0.164. The van der Waals surface area contributed by atoms with Crippen LogP contribution in [0.5, 0.6) is 0 Å². The van der Waals surface area contributed by atoms with Crippen molar-refractivity contribution in [3.8, 4) is 0 Å². The molecule has 0 amide bonds. The number of hydrogen-bond donors (Lipinski definition) is 1. The van der Waals surface area contributed by atoms with Gasteiger partial charge in [-0.1, -0.05) is 26.3 Å². The minimum absolute atomic E-state index is 0.167. The van der Waals surface area contributed by atoms with Gasteiger partial charge < -0.3 is 14.6 Å². The molecule has 3 fully saturated rings. The van der Waals surface area contributed by atoms with Gasteiger partial charge in [-0.15, -0.1) is 0 Å². The maximum Gasteiger partial charge on any atom is 0.344 e. The molecule has 0 aromatic heterocycles. The van der Waals surface area contributed by atoms with E-state index in [0.29, 0.717) is 36.1 Å². The topological polar surface area (TPSA) is 89.9 Å². The number of allylic oxidation sites excluding steroid dienone is 1. The normalized spacial score (nSPS) is 35.6. The maximum absolute atomic E-state index is 12.0. The van der Waals surface area contributed by atoms with Gasteiger partial charge in [0.2, 0.25) is 0 Å². The molecule has 1 N–H and O–H groups in total. The van der Waals surface area contributed by atoms with E-state index in [9.17, 15) is 19.5 Å². The van der Waals surface area contributed by atoms with Crippen molar-refractivity contribution in [1.82, 2.24) is 0 Å². The van der Waals surface area contributed by atoms with Crippen molar-refractivity contribution in [3.05, 3.63) is 11.6 Å². The molecule has 0 heterocycles. The zero-order chi connectivity index (χ0) is 24.5. The average molecular weight is 475 g/mol. The molecule has 0 aliphatic heterocycles. The van der Waals surface area contributed by atoms with E-state index in [1.807, 2.05) is 19.9 Å². The first-order valence-electron chi connectivity index (χ1n) is 13.4. The second kappa shape index (κ2) is 10.5. The van der Waals surface area contributed by atoms with Crippen molar-refractivity contribution in [1.29, 1.82) is 0 Å². The molecule has 0 aromatic carbocycles. The summed E-state index contributed by atoms with van der Waals surface area (Å²) in [5.74, 6) is 2.59. The summed E-state index contributed by atoms with van der Waals surface area (Å²) in [5.41, 5.74) is 1.81. The van der Waals surface area contributed by atoms with Gasteiger partial charge in [0.25, 0.3) is 0 Å². The molecule has 1 unspecified atom stereocenters. The number of hydrogen-bond acceptors (Lipinski definition) is 6. The van der Waals surface area contributed by atoms with Gasteiger partial charge in [0, 0.05) is 6.42 Å². The summed E-state index contributed by atoms with van der Waals surface area (Å²) in [7, 11) is 0. The van der Waals surface area contributed by atoms with Crippen molar-refractivity contribution < 1.29 is 29.0 Å². The SMILES string of the molecule is CC(C)CC(O)C(=O)OCC(=O)OCC[C@H]1C[C@H]2[C@@H]3CCC4=CC(=O)CC[C@@H]4[C@H]3CC[C@]2(C)C1. The van der Waals surface area contributed by atoms with Crippen LogP contribution in [0, 0.1) is 40.9 Å². The van der Waals surface area contributed by atoms with Gasteiger partial charge in [-0.3, -0.25) is 4.79 Å². The van der Waals surface area contributed by atoms with E-state index < -0.39 is 24.6 Å². The van der Waals surface area contributed by atoms with Crippen LogP contribution in [0.2, 0.25) is 0 Å². The molecule has 6 heteroatoms. The first-order chi connectivity index (χ1) is 16.2. The van der Waals surface area contributed by atoms with Crippen LogP contribution in [-0.4, -0.2) is 42.1 Å². The molecule has 3 saturated carbocycles. The van der Waals surface area contributed by atoms with Gasteiger partial charge in [0.1, 0.15) is 0 Å². The fraction of sp³-hybridized carbons (Fsp3) is 0.821. The lowest BCUT2D eigenvalue weighted by Crippen LogP contribution is -2.44. The van der Waals surface area contributed by atoms with Crippen LogP contribution in [0.3, 0.4) is 0 Å². The second-order valence-corrected chi connectivity index (χ2v) is 12.1. The second-order valence-electron chi connectivity index (χ2n) is 12.1. The van der Waals surface area contributed by atoms with E-state index in [4.69, 9.17) is 9.47 Å². The fourth-order valence-corrected chi connectivity index (χ4v) is 7.76. The van der Waals surface area contributed by atoms with E-state index in [2.05, 4.69) is 6.92 Å². The molecule has 0 spiro atoms. The molecule has 0 saturated heterocycles. The molecule has 190 valence electrons. The standard InChI is InChI=1S/C28H42O6/c1-17(2)12-25(30)27(32)34-16-26(31)33-11-9-18-13-24-23-6-4-19-14-20(29)5-7-21(19)22(23)8-10-28(24,3)15-18/h14,17-18,21-25,30H,4-13,15-16H2,1-3H3/t18-,21-,22+,23+,24-,25?,28+/m0/s1. The molecular formula is C28H42O6. The van der Waals surface area contributed by atoms with Crippen LogP contribution in [-0.2, 0) is 23.9 Å². The monoisotopic (exact) mass is 474 g/mol. The maximum atomic E-state index is 12.0. The van der Waals surface area contributed by atoms with Gasteiger partial charge in [-0.25, -0.2) is 9.59 Å². The first kappa shape index (κ1) is 25.4. The highest BCUT2D eigenvalue weighted by Crippen LogP contribution is 2.63. The van der Waals surface area contributed by atoms with Gasteiger partial charge in [-0.05, 0) is 105 Å². The third kappa shape index (κ3) is 5.58. The van der Waals surface area contributed by atoms with Crippen molar-refractivity contribution in [2.24, 2.45) is 40.9 Å². The van der Waals surface area contributed by atoms with Crippen molar-refractivity contribution >= 4 is 17.7 Å². The Kier molecular flexibility index (Phi) is 7.85. The van der Waals surface area contributed by atoms with E-state index in [0.717, 1.165) is 43.4 Å². The summed E-state index contributed by atoms with van der Waals surface area (Å²) in [6.07, 6.45) is 11.0. The largest absolute Gasteiger partial charge is 0.463 e. The minimum Gasteiger partial charge on any atom is -0.463 e. The van der Waals surface area contributed by atoms with E-state index in [1.165, 1.54) is 37.7 Å². The Labute approximate surface area is 203 Å². The fourth-order valence-electron chi connectivity index (χ4n) is 7.76. The van der Waals surface area contributed by atoms with Crippen LogP contribution >= 0.6 is 0 Å². The first-order valence-corrected chi connectivity index (χ1v) is 13.4. The summed E-state index contributed by atoms with van der Waals surface area (Å²) in [6.45, 7) is 6.19. The molecule has 0 bridgehead atoms. The number of rotatable bonds is 8. The lowest BCUT2D eigenvalue weighted by atomic mass is 9.52. The molecule has 0 aromatic rings. The number of carbonyl (C=O) groups is 3. The average Bonchev–Trinajstić information content (AvgIpc) is 3.13.